The first kappa shape index (κ1) is 24.6. The Morgan fingerprint density at radius 3 is 2.80 bits per heavy atom. The molecule has 1 aliphatic heterocycles. The molecule has 3 aromatic heterocycles. The van der Waals surface area contributed by atoms with Crippen molar-refractivity contribution in [3.63, 3.8) is 0 Å². The second-order valence-electron chi connectivity index (χ2n) is 9.11. The number of H-pyrrole nitrogens is 1. The zero-order chi connectivity index (χ0) is 25.3. The molecule has 4 heterocycles. The van der Waals surface area contributed by atoms with E-state index < -0.39 is 29.2 Å². The maximum Gasteiger partial charge on any atom is 0.305 e. The first-order chi connectivity index (χ1) is 16.6. The SMILES string of the molecule is C/C=C1\C(c2c[nH]c3ncc(Cl)cc23)=NC(NC(CC(=O)O)C(C)(C)c2ccccn2)=C(F)C1C. The molecule has 3 aromatic rings. The van der Waals surface area contributed by atoms with Crippen LogP contribution in [0.5, 0.6) is 0 Å². The largest absolute Gasteiger partial charge is 0.481 e. The predicted molar refractivity (Wildman–Crippen MR) is 135 cm³/mol. The van der Waals surface area contributed by atoms with Gasteiger partial charge < -0.3 is 15.4 Å². The molecule has 0 aliphatic carbocycles. The molecule has 0 bridgehead atoms. The number of carboxylic acids is 1. The van der Waals surface area contributed by atoms with Crippen LogP contribution in [0.2, 0.25) is 5.02 Å². The van der Waals surface area contributed by atoms with Crippen molar-refractivity contribution in [2.45, 2.75) is 45.6 Å². The standard InChI is InChI=1S/C26H27ClFN5O2/c1-5-16-14(2)22(28)25(33-23(16)18-13-31-24-17(18)10-15(27)12-30-24)32-20(11-21(34)35)26(3,4)19-8-6-7-9-29-19/h5-10,12-14,20,32H,11H2,1-4H3,(H,30,31)(H,34,35)/b16-5-. The van der Waals surface area contributed by atoms with E-state index in [0.29, 0.717) is 27.6 Å². The summed E-state index contributed by atoms with van der Waals surface area (Å²) in [5.74, 6) is -2.04. The molecule has 0 radical (unpaired) electrons. The lowest BCUT2D eigenvalue weighted by Crippen LogP contribution is -2.47. The fraction of sp³-hybridized carbons (Fsp3) is 0.308. The first-order valence-electron chi connectivity index (χ1n) is 11.3. The van der Waals surface area contributed by atoms with E-state index in [2.05, 4.69) is 25.3 Å². The van der Waals surface area contributed by atoms with Gasteiger partial charge in [-0.05, 0) is 30.7 Å². The van der Waals surface area contributed by atoms with E-state index in [0.717, 1.165) is 10.9 Å². The van der Waals surface area contributed by atoms with Crippen LogP contribution in [0.3, 0.4) is 0 Å². The van der Waals surface area contributed by atoms with Gasteiger partial charge >= 0.3 is 5.97 Å². The normalized spacial score (nSPS) is 18.6. The summed E-state index contributed by atoms with van der Waals surface area (Å²) in [5.41, 5.74) is 2.63. The third kappa shape index (κ3) is 4.71. The molecule has 7 nitrogen and oxygen atoms in total. The van der Waals surface area contributed by atoms with Gasteiger partial charge in [-0.3, -0.25) is 9.78 Å². The van der Waals surface area contributed by atoms with Crippen molar-refractivity contribution in [2.24, 2.45) is 10.9 Å². The minimum atomic E-state index is -1.01. The number of nitrogens with zero attached hydrogens (tertiary/aromatic N) is 3. The highest BCUT2D eigenvalue weighted by molar-refractivity contribution is 6.31. The van der Waals surface area contributed by atoms with Crippen LogP contribution in [0.4, 0.5) is 4.39 Å². The molecule has 3 N–H and O–H groups in total. The Labute approximate surface area is 207 Å². The zero-order valence-corrected chi connectivity index (χ0v) is 20.7. The molecule has 2 unspecified atom stereocenters. The molecule has 35 heavy (non-hydrogen) atoms. The summed E-state index contributed by atoms with van der Waals surface area (Å²) in [5, 5.41) is 14.0. The fourth-order valence-electron chi connectivity index (χ4n) is 4.40. The maximum absolute atomic E-state index is 15.6. The third-order valence-electron chi connectivity index (χ3n) is 6.52. The molecule has 0 saturated heterocycles. The summed E-state index contributed by atoms with van der Waals surface area (Å²) in [6.07, 6.45) is 6.57. The summed E-state index contributed by atoms with van der Waals surface area (Å²) in [4.78, 5) is 28.3. The van der Waals surface area contributed by atoms with E-state index in [4.69, 9.17) is 11.6 Å². The number of halogens is 2. The van der Waals surface area contributed by atoms with Gasteiger partial charge in [0.05, 0.1) is 17.2 Å². The summed E-state index contributed by atoms with van der Waals surface area (Å²) in [6.45, 7) is 7.37. The van der Waals surface area contributed by atoms with Crippen LogP contribution in [-0.4, -0.2) is 37.8 Å². The van der Waals surface area contributed by atoms with Crippen molar-refractivity contribution in [3.05, 3.63) is 82.4 Å². The quantitative estimate of drug-likeness (QED) is 0.399. The first-order valence-corrected chi connectivity index (χ1v) is 11.7. The Balaban J connectivity index is 1.81. The number of allylic oxidation sites excluding steroid dienone is 3. The van der Waals surface area contributed by atoms with Gasteiger partial charge in [0, 0.05) is 52.6 Å². The lowest BCUT2D eigenvalue weighted by atomic mass is 9.79. The van der Waals surface area contributed by atoms with Crippen molar-refractivity contribution in [3.8, 4) is 0 Å². The minimum absolute atomic E-state index is 0.0118. The van der Waals surface area contributed by atoms with Crippen LogP contribution < -0.4 is 5.32 Å². The van der Waals surface area contributed by atoms with E-state index in [1.165, 1.54) is 0 Å². The number of carboxylic acid groups (broad SMARTS) is 1. The number of fused-ring (bicyclic) bond motifs is 1. The van der Waals surface area contributed by atoms with Gasteiger partial charge in [0.2, 0.25) is 0 Å². The van der Waals surface area contributed by atoms with Crippen LogP contribution in [0.25, 0.3) is 11.0 Å². The minimum Gasteiger partial charge on any atom is -0.481 e. The van der Waals surface area contributed by atoms with Gasteiger partial charge in [-0.2, -0.15) is 0 Å². The van der Waals surface area contributed by atoms with Gasteiger partial charge in [-0.15, -0.1) is 0 Å². The van der Waals surface area contributed by atoms with Gasteiger partial charge in [0.1, 0.15) is 11.5 Å². The lowest BCUT2D eigenvalue weighted by Gasteiger charge is -2.35. The molecule has 0 spiro atoms. The summed E-state index contributed by atoms with van der Waals surface area (Å²) in [6, 6.07) is 6.57. The number of carbonyl (C=O) groups is 1. The van der Waals surface area contributed by atoms with E-state index in [-0.39, 0.29) is 12.2 Å². The van der Waals surface area contributed by atoms with Gasteiger partial charge in [-0.25, -0.2) is 14.4 Å². The highest BCUT2D eigenvalue weighted by Crippen LogP contribution is 2.36. The Bertz CT molecular complexity index is 1360. The number of aromatic nitrogens is 3. The van der Waals surface area contributed by atoms with Crippen LogP contribution in [-0.2, 0) is 10.2 Å². The summed E-state index contributed by atoms with van der Waals surface area (Å²) < 4.78 is 15.6. The summed E-state index contributed by atoms with van der Waals surface area (Å²) >= 11 is 6.19. The van der Waals surface area contributed by atoms with Crippen LogP contribution in [0.1, 0.15) is 45.4 Å². The number of pyridine rings is 2. The van der Waals surface area contributed by atoms with Crippen molar-refractivity contribution < 1.29 is 14.3 Å². The average molecular weight is 496 g/mol. The molecular formula is C26H27ClFN5O2. The van der Waals surface area contributed by atoms with E-state index >= 15 is 4.39 Å². The van der Waals surface area contributed by atoms with Gasteiger partial charge in [0.25, 0.3) is 0 Å². The molecule has 0 aromatic carbocycles. The Kier molecular flexibility index (Phi) is 6.76. The molecule has 0 saturated carbocycles. The number of aliphatic carboxylic acids is 1. The lowest BCUT2D eigenvalue weighted by molar-refractivity contribution is -0.138. The molecule has 182 valence electrons. The van der Waals surface area contributed by atoms with Crippen molar-refractivity contribution in [1.82, 2.24) is 20.3 Å². The fourth-order valence-corrected chi connectivity index (χ4v) is 4.56. The van der Waals surface area contributed by atoms with Gasteiger partial charge in [-0.1, -0.05) is 44.5 Å². The molecule has 0 fully saturated rings. The average Bonchev–Trinajstić information content (AvgIpc) is 3.24. The van der Waals surface area contributed by atoms with Crippen LogP contribution in [0.15, 0.2) is 71.1 Å². The maximum atomic E-state index is 15.6. The second kappa shape index (κ2) is 9.62. The number of hydrogen-bond acceptors (Lipinski definition) is 5. The van der Waals surface area contributed by atoms with Crippen molar-refractivity contribution >= 4 is 34.3 Å². The molecular weight excluding hydrogens is 469 g/mol. The Morgan fingerprint density at radius 2 is 2.14 bits per heavy atom. The number of nitrogens with one attached hydrogen (secondary N) is 2. The number of aromatic amines is 1. The molecule has 1 aliphatic rings. The van der Waals surface area contributed by atoms with E-state index in [1.807, 2.05) is 39.0 Å². The molecule has 0 amide bonds. The van der Waals surface area contributed by atoms with Gasteiger partial charge in [0.15, 0.2) is 5.82 Å². The molecule has 4 rings (SSSR count). The highest BCUT2D eigenvalue weighted by Gasteiger charge is 2.37. The van der Waals surface area contributed by atoms with E-state index in [9.17, 15) is 9.90 Å². The topological polar surface area (TPSA) is 103 Å². The number of hydrogen-bond donors (Lipinski definition) is 3. The van der Waals surface area contributed by atoms with E-state index in [1.54, 1.807) is 37.6 Å². The number of rotatable bonds is 7. The van der Waals surface area contributed by atoms with Crippen LogP contribution >= 0.6 is 11.6 Å². The number of aliphatic imine (C=N–C) groups is 1. The Morgan fingerprint density at radius 1 is 1.37 bits per heavy atom. The smallest absolute Gasteiger partial charge is 0.305 e. The predicted octanol–water partition coefficient (Wildman–Crippen LogP) is 5.55. The monoisotopic (exact) mass is 495 g/mol. The summed E-state index contributed by atoms with van der Waals surface area (Å²) in [7, 11) is 0. The van der Waals surface area contributed by atoms with Crippen LogP contribution in [0, 0.1) is 5.92 Å². The zero-order valence-electron chi connectivity index (χ0n) is 19.9. The highest BCUT2D eigenvalue weighted by atomic mass is 35.5. The van der Waals surface area contributed by atoms with Crippen molar-refractivity contribution in [2.75, 3.05) is 0 Å². The molecule has 9 heteroatoms. The van der Waals surface area contributed by atoms with Crippen molar-refractivity contribution in [1.29, 1.82) is 0 Å². The second-order valence-corrected chi connectivity index (χ2v) is 9.54. The third-order valence-corrected chi connectivity index (χ3v) is 6.73. The Hall–Kier alpha value is -3.52. The molecule has 2 atom stereocenters.